The summed E-state index contributed by atoms with van der Waals surface area (Å²) < 4.78 is 23.3. The number of hydrogen-bond donors (Lipinski definition) is 1. The zero-order chi connectivity index (χ0) is 13.2. The maximum Gasteiger partial charge on any atom is 0.126 e. The summed E-state index contributed by atoms with van der Waals surface area (Å²) in [7, 11) is 1.66. The van der Waals surface area contributed by atoms with Crippen molar-refractivity contribution in [2.75, 3.05) is 33.5 Å². The van der Waals surface area contributed by atoms with Gasteiger partial charge in [0.25, 0.3) is 0 Å². The normalized spacial score (nSPS) is 10.8. The fourth-order valence-corrected chi connectivity index (χ4v) is 1.59. The molecular formula is C14H22FNO2. The number of aryl methyl sites for hydroxylation is 1. The monoisotopic (exact) mass is 255 g/mol. The molecule has 0 heterocycles. The van der Waals surface area contributed by atoms with Crippen LogP contribution in [0.4, 0.5) is 4.39 Å². The van der Waals surface area contributed by atoms with Crippen molar-refractivity contribution in [3.8, 4) is 0 Å². The highest BCUT2D eigenvalue weighted by Gasteiger charge is 1.98. The van der Waals surface area contributed by atoms with Crippen molar-refractivity contribution in [3.05, 3.63) is 35.1 Å². The quantitative estimate of drug-likeness (QED) is 0.687. The lowest BCUT2D eigenvalue weighted by Crippen LogP contribution is -2.17. The molecule has 0 atom stereocenters. The van der Waals surface area contributed by atoms with E-state index in [1.807, 2.05) is 12.1 Å². The van der Waals surface area contributed by atoms with E-state index in [0.717, 1.165) is 31.7 Å². The molecule has 102 valence electrons. The van der Waals surface area contributed by atoms with Crippen LogP contribution in [-0.4, -0.2) is 33.5 Å². The van der Waals surface area contributed by atoms with Gasteiger partial charge in [-0.2, -0.15) is 0 Å². The Morgan fingerprint density at radius 1 is 1.22 bits per heavy atom. The molecule has 0 aliphatic heterocycles. The second-order valence-corrected chi connectivity index (χ2v) is 4.22. The lowest BCUT2D eigenvalue weighted by atomic mass is 10.1. The minimum absolute atomic E-state index is 0.148. The molecule has 0 aliphatic carbocycles. The van der Waals surface area contributed by atoms with Gasteiger partial charge in [0.15, 0.2) is 0 Å². The highest BCUT2D eigenvalue weighted by atomic mass is 19.1. The zero-order valence-corrected chi connectivity index (χ0v) is 11.2. The summed E-state index contributed by atoms with van der Waals surface area (Å²) in [6.07, 6.45) is 0.962. The van der Waals surface area contributed by atoms with E-state index in [9.17, 15) is 4.39 Å². The van der Waals surface area contributed by atoms with Crippen molar-refractivity contribution >= 4 is 0 Å². The average molecular weight is 255 g/mol. The minimum atomic E-state index is -0.148. The molecule has 0 fully saturated rings. The SMILES string of the molecule is COCCOCCCNCc1ccc(F)c(C)c1. The van der Waals surface area contributed by atoms with Gasteiger partial charge in [0, 0.05) is 20.3 Å². The van der Waals surface area contributed by atoms with Gasteiger partial charge in [-0.1, -0.05) is 12.1 Å². The number of nitrogens with one attached hydrogen (secondary N) is 1. The fourth-order valence-electron chi connectivity index (χ4n) is 1.59. The lowest BCUT2D eigenvalue weighted by molar-refractivity contribution is 0.0695. The third kappa shape index (κ3) is 6.10. The first kappa shape index (κ1) is 15.1. The van der Waals surface area contributed by atoms with E-state index in [1.54, 1.807) is 14.0 Å². The summed E-state index contributed by atoms with van der Waals surface area (Å²) >= 11 is 0. The molecule has 0 bridgehead atoms. The summed E-state index contributed by atoms with van der Waals surface area (Å²) in [4.78, 5) is 0. The Morgan fingerprint density at radius 2 is 2.06 bits per heavy atom. The average Bonchev–Trinajstić information content (AvgIpc) is 2.37. The topological polar surface area (TPSA) is 30.5 Å². The van der Waals surface area contributed by atoms with Crippen molar-refractivity contribution in [1.29, 1.82) is 0 Å². The summed E-state index contributed by atoms with van der Waals surface area (Å²) in [5.74, 6) is -0.148. The lowest BCUT2D eigenvalue weighted by Gasteiger charge is -2.07. The van der Waals surface area contributed by atoms with Gasteiger partial charge in [0.2, 0.25) is 0 Å². The van der Waals surface area contributed by atoms with E-state index < -0.39 is 0 Å². The number of rotatable bonds is 9. The smallest absolute Gasteiger partial charge is 0.126 e. The number of halogens is 1. The Morgan fingerprint density at radius 3 is 2.78 bits per heavy atom. The molecule has 0 saturated heterocycles. The third-order valence-electron chi connectivity index (χ3n) is 2.63. The Hall–Kier alpha value is -0.970. The van der Waals surface area contributed by atoms with Crippen LogP contribution < -0.4 is 5.32 Å². The molecule has 0 saturated carbocycles. The first-order valence-corrected chi connectivity index (χ1v) is 6.26. The summed E-state index contributed by atoms with van der Waals surface area (Å²) in [5.41, 5.74) is 1.80. The number of methoxy groups -OCH3 is 1. The first-order chi connectivity index (χ1) is 8.74. The summed E-state index contributed by atoms with van der Waals surface area (Å²) in [5, 5.41) is 3.31. The highest BCUT2D eigenvalue weighted by molar-refractivity contribution is 5.23. The van der Waals surface area contributed by atoms with Crippen molar-refractivity contribution in [1.82, 2.24) is 5.32 Å². The predicted molar refractivity (Wildman–Crippen MR) is 70.2 cm³/mol. The molecule has 0 amide bonds. The Labute approximate surface area is 108 Å². The van der Waals surface area contributed by atoms with E-state index in [1.165, 1.54) is 6.07 Å². The van der Waals surface area contributed by atoms with E-state index >= 15 is 0 Å². The van der Waals surface area contributed by atoms with Gasteiger partial charge in [-0.05, 0) is 37.1 Å². The van der Waals surface area contributed by atoms with Gasteiger partial charge in [0.1, 0.15) is 5.82 Å². The molecule has 1 rings (SSSR count). The number of benzene rings is 1. The number of ether oxygens (including phenoxy) is 2. The third-order valence-corrected chi connectivity index (χ3v) is 2.63. The maximum absolute atomic E-state index is 13.0. The molecule has 18 heavy (non-hydrogen) atoms. The number of hydrogen-bond acceptors (Lipinski definition) is 3. The molecule has 0 unspecified atom stereocenters. The fraction of sp³-hybridized carbons (Fsp3) is 0.571. The molecule has 0 aliphatic rings. The van der Waals surface area contributed by atoms with Crippen LogP contribution in [0.1, 0.15) is 17.5 Å². The van der Waals surface area contributed by atoms with Crippen LogP contribution in [0, 0.1) is 12.7 Å². The van der Waals surface area contributed by atoms with E-state index in [4.69, 9.17) is 9.47 Å². The Balaban J connectivity index is 2.05. The molecule has 4 heteroatoms. The zero-order valence-electron chi connectivity index (χ0n) is 11.2. The molecule has 0 aromatic heterocycles. The van der Waals surface area contributed by atoms with E-state index in [-0.39, 0.29) is 5.82 Å². The maximum atomic E-state index is 13.0. The second-order valence-electron chi connectivity index (χ2n) is 4.22. The standard InChI is InChI=1S/C14H22FNO2/c1-12-10-13(4-5-14(12)15)11-16-6-3-7-18-9-8-17-2/h4-5,10,16H,3,6-9,11H2,1-2H3. The van der Waals surface area contributed by atoms with Gasteiger partial charge in [-0.25, -0.2) is 4.39 Å². The summed E-state index contributed by atoms with van der Waals surface area (Å²) in [6.45, 7) is 5.46. The second kappa shape index (κ2) is 9.03. The van der Waals surface area contributed by atoms with Crippen LogP contribution in [0.3, 0.4) is 0 Å². The molecule has 3 nitrogen and oxygen atoms in total. The van der Waals surface area contributed by atoms with Gasteiger partial charge in [0.05, 0.1) is 13.2 Å². The Bertz CT molecular complexity index is 345. The molecular weight excluding hydrogens is 233 g/mol. The Kier molecular flexibility index (Phi) is 7.57. The van der Waals surface area contributed by atoms with Crippen LogP contribution >= 0.6 is 0 Å². The summed E-state index contributed by atoms with van der Waals surface area (Å²) in [6, 6.07) is 5.20. The van der Waals surface area contributed by atoms with Gasteiger partial charge < -0.3 is 14.8 Å². The molecule has 1 aromatic rings. The van der Waals surface area contributed by atoms with Crippen molar-refractivity contribution < 1.29 is 13.9 Å². The van der Waals surface area contributed by atoms with Crippen molar-refractivity contribution in [2.24, 2.45) is 0 Å². The van der Waals surface area contributed by atoms with Crippen LogP contribution in [-0.2, 0) is 16.0 Å². The first-order valence-electron chi connectivity index (χ1n) is 6.26. The van der Waals surface area contributed by atoms with Crippen LogP contribution in [0.25, 0.3) is 0 Å². The molecule has 0 radical (unpaired) electrons. The van der Waals surface area contributed by atoms with E-state index in [0.29, 0.717) is 18.8 Å². The molecule has 0 spiro atoms. The van der Waals surface area contributed by atoms with Crippen LogP contribution in [0.2, 0.25) is 0 Å². The van der Waals surface area contributed by atoms with Gasteiger partial charge in [-0.3, -0.25) is 0 Å². The highest BCUT2D eigenvalue weighted by Crippen LogP contribution is 2.08. The molecule has 1 aromatic carbocycles. The van der Waals surface area contributed by atoms with Crippen LogP contribution in [0.5, 0.6) is 0 Å². The minimum Gasteiger partial charge on any atom is -0.382 e. The van der Waals surface area contributed by atoms with E-state index in [2.05, 4.69) is 5.32 Å². The van der Waals surface area contributed by atoms with Gasteiger partial charge in [-0.15, -0.1) is 0 Å². The van der Waals surface area contributed by atoms with Crippen molar-refractivity contribution in [2.45, 2.75) is 19.9 Å². The largest absolute Gasteiger partial charge is 0.382 e. The molecule has 1 N–H and O–H groups in total. The predicted octanol–water partition coefficient (Wildman–Crippen LogP) is 2.28. The van der Waals surface area contributed by atoms with Crippen LogP contribution in [0.15, 0.2) is 18.2 Å². The van der Waals surface area contributed by atoms with Gasteiger partial charge >= 0.3 is 0 Å². The van der Waals surface area contributed by atoms with Crippen molar-refractivity contribution in [3.63, 3.8) is 0 Å².